The van der Waals surface area contributed by atoms with Gasteiger partial charge in [-0.3, -0.25) is 9.69 Å². The molecule has 3 rings (SSSR count). The molecule has 0 unspecified atom stereocenters. The van der Waals surface area contributed by atoms with Gasteiger partial charge in [0.1, 0.15) is 5.75 Å². The second-order valence-corrected chi connectivity index (χ2v) is 6.51. The van der Waals surface area contributed by atoms with E-state index in [1.807, 2.05) is 0 Å². The SMILES string of the molecule is COC(=O)c1ccc(/C=C2\SC(=Nc3ccc(O)cc3)N(C)C2=O)cc1. The van der Waals surface area contributed by atoms with Crippen molar-refractivity contribution in [2.45, 2.75) is 0 Å². The number of carbonyl (C=O) groups excluding carboxylic acids is 2. The largest absolute Gasteiger partial charge is 0.508 e. The molecular weight excluding hydrogens is 352 g/mol. The molecule has 26 heavy (non-hydrogen) atoms. The number of aliphatic imine (C=N–C) groups is 1. The fourth-order valence-corrected chi connectivity index (χ4v) is 3.26. The van der Waals surface area contributed by atoms with Gasteiger partial charge in [0.05, 0.1) is 23.3 Å². The lowest BCUT2D eigenvalue weighted by Gasteiger charge is -2.07. The van der Waals surface area contributed by atoms with E-state index in [9.17, 15) is 14.7 Å². The number of amides is 1. The van der Waals surface area contributed by atoms with Gasteiger partial charge in [-0.15, -0.1) is 0 Å². The lowest BCUT2D eigenvalue weighted by Crippen LogP contribution is -2.23. The normalized spacial score (nSPS) is 17.2. The molecule has 0 atom stereocenters. The Morgan fingerprint density at radius 3 is 2.42 bits per heavy atom. The summed E-state index contributed by atoms with van der Waals surface area (Å²) in [5.41, 5.74) is 1.90. The second kappa shape index (κ2) is 7.45. The molecule has 0 radical (unpaired) electrons. The van der Waals surface area contributed by atoms with E-state index >= 15 is 0 Å². The van der Waals surface area contributed by atoms with Crippen LogP contribution in [-0.4, -0.2) is 41.2 Å². The maximum absolute atomic E-state index is 12.4. The number of nitrogens with zero attached hydrogens (tertiary/aromatic N) is 2. The van der Waals surface area contributed by atoms with E-state index in [1.165, 1.54) is 23.8 Å². The number of likely N-dealkylation sites (N-methyl/N-ethyl adjacent to an activating group) is 1. The van der Waals surface area contributed by atoms with E-state index in [0.717, 1.165) is 5.56 Å². The van der Waals surface area contributed by atoms with Gasteiger partial charge >= 0.3 is 5.97 Å². The van der Waals surface area contributed by atoms with E-state index in [4.69, 9.17) is 0 Å². The Bertz CT molecular complexity index is 902. The fraction of sp³-hybridized carbons (Fsp3) is 0.105. The molecule has 1 saturated heterocycles. The molecule has 1 aliphatic heterocycles. The van der Waals surface area contributed by atoms with Crippen LogP contribution in [0.25, 0.3) is 6.08 Å². The van der Waals surface area contributed by atoms with Gasteiger partial charge in [-0.25, -0.2) is 9.79 Å². The minimum Gasteiger partial charge on any atom is -0.508 e. The van der Waals surface area contributed by atoms with Gasteiger partial charge in [0.2, 0.25) is 0 Å². The van der Waals surface area contributed by atoms with Gasteiger partial charge < -0.3 is 9.84 Å². The van der Waals surface area contributed by atoms with Crippen molar-refractivity contribution in [3.05, 3.63) is 64.6 Å². The molecule has 1 fully saturated rings. The van der Waals surface area contributed by atoms with Crippen molar-refractivity contribution in [1.29, 1.82) is 0 Å². The van der Waals surface area contributed by atoms with Gasteiger partial charge in [0, 0.05) is 7.05 Å². The number of amidine groups is 1. The van der Waals surface area contributed by atoms with Crippen LogP contribution in [0.15, 0.2) is 58.4 Å². The van der Waals surface area contributed by atoms with Crippen molar-refractivity contribution in [3.63, 3.8) is 0 Å². The summed E-state index contributed by atoms with van der Waals surface area (Å²) in [6.07, 6.45) is 1.75. The number of carbonyl (C=O) groups is 2. The molecule has 0 bridgehead atoms. The first-order valence-electron chi connectivity index (χ1n) is 7.71. The number of methoxy groups -OCH3 is 1. The number of hydrogen-bond acceptors (Lipinski definition) is 6. The molecule has 2 aromatic rings. The number of phenolic OH excluding ortho intramolecular Hbond substituents is 1. The maximum atomic E-state index is 12.4. The summed E-state index contributed by atoms with van der Waals surface area (Å²) < 4.78 is 4.67. The quantitative estimate of drug-likeness (QED) is 0.663. The smallest absolute Gasteiger partial charge is 0.337 e. The highest BCUT2D eigenvalue weighted by Gasteiger charge is 2.30. The summed E-state index contributed by atoms with van der Waals surface area (Å²) >= 11 is 1.27. The first-order valence-corrected chi connectivity index (χ1v) is 8.53. The van der Waals surface area contributed by atoms with Crippen molar-refractivity contribution in [3.8, 4) is 5.75 Å². The Balaban J connectivity index is 1.83. The average molecular weight is 368 g/mol. The molecule has 1 heterocycles. The summed E-state index contributed by atoms with van der Waals surface area (Å²) in [5.74, 6) is -0.392. The van der Waals surface area contributed by atoms with Crippen LogP contribution in [0.2, 0.25) is 0 Å². The molecule has 132 valence electrons. The summed E-state index contributed by atoms with van der Waals surface area (Å²) in [6, 6.07) is 13.2. The average Bonchev–Trinajstić information content (AvgIpc) is 2.91. The topological polar surface area (TPSA) is 79.2 Å². The van der Waals surface area contributed by atoms with Gasteiger partial charge in [-0.05, 0) is 59.8 Å². The van der Waals surface area contributed by atoms with Crippen molar-refractivity contribution in [2.24, 2.45) is 4.99 Å². The third-order valence-electron chi connectivity index (χ3n) is 3.71. The number of ether oxygens (including phenoxy) is 1. The Morgan fingerprint density at radius 2 is 1.81 bits per heavy atom. The maximum Gasteiger partial charge on any atom is 0.337 e. The summed E-state index contributed by atoms with van der Waals surface area (Å²) in [4.78, 5) is 30.4. The highest BCUT2D eigenvalue weighted by Crippen LogP contribution is 2.33. The van der Waals surface area contributed by atoms with Crippen LogP contribution < -0.4 is 0 Å². The lowest BCUT2D eigenvalue weighted by molar-refractivity contribution is -0.121. The minimum absolute atomic E-state index is 0.149. The molecular formula is C19H16N2O4S. The molecule has 0 aromatic heterocycles. The van der Waals surface area contributed by atoms with Gasteiger partial charge in [0.15, 0.2) is 5.17 Å². The zero-order chi connectivity index (χ0) is 18.7. The zero-order valence-electron chi connectivity index (χ0n) is 14.2. The Kier molecular flexibility index (Phi) is 5.09. The highest BCUT2D eigenvalue weighted by atomic mass is 32.2. The standard InChI is InChI=1S/C19H16N2O4S/c1-21-17(23)16(11-12-3-5-13(6-4-12)18(24)25-2)26-19(21)20-14-7-9-15(22)10-8-14/h3-11,22H,1-2H3/b16-11-,20-19?. The Morgan fingerprint density at radius 1 is 1.15 bits per heavy atom. The molecule has 7 heteroatoms. The predicted molar refractivity (Wildman–Crippen MR) is 101 cm³/mol. The third-order valence-corrected chi connectivity index (χ3v) is 4.77. The molecule has 0 aliphatic carbocycles. The summed E-state index contributed by atoms with van der Waals surface area (Å²) in [5, 5.41) is 9.88. The van der Waals surface area contributed by atoms with Crippen LogP contribution in [0.4, 0.5) is 5.69 Å². The minimum atomic E-state index is -0.404. The molecule has 1 N–H and O–H groups in total. The second-order valence-electron chi connectivity index (χ2n) is 5.50. The number of benzene rings is 2. The number of phenols is 1. The molecule has 6 nitrogen and oxygen atoms in total. The van der Waals surface area contributed by atoms with E-state index in [1.54, 1.807) is 61.7 Å². The molecule has 1 aliphatic rings. The Labute approximate surface area is 154 Å². The number of aromatic hydroxyl groups is 1. The van der Waals surface area contributed by atoms with E-state index in [2.05, 4.69) is 9.73 Å². The van der Waals surface area contributed by atoms with E-state index in [0.29, 0.717) is 21.3 Å². The van der Waals surface area contributed by atoms with Gasteiger partial charge in [-0.1, -0.05) is 12.1 Å². The number of thioether (sulfide) groups is 1. The first kappa shape index (κ1) is 17.8. The fourth-order valence-electron chi connectivity index (χ4n) is 2.27. The molecule has 2 aromatic carbocycles. The number of rotatable bonds is 3. The molecule has 0 saturated carbocycles. The summed E-state index contributed by atoms with van der Waals surface area (Å²) in [6.45, 7) is 0. The van der Waals surface area contributed by atoms with Crippen molar-refractivity contribution in [1.82, 2.24) is 4.90 Å². The van der Waals surface area contributed by atoms with E-state index in [-0.39, 0.29) is 11.7 Å². The van der Waals surface area contributed by atoms with Gasteiger partial charge in [0.25, 0.3) is 5.91 Å². The van der Waals surface area contributed by atoms with Gasteiger partial charge in [-0.2, -0.15) is 0 Å². The Hall–Kier alpha value is -3.06. The summed E-state index contributed by atoms with van der Waals surface area (Å²) in [7, 11) is 2.99. The van der Waals surface area contributed by atoms with Crippen LogP contribution in [0.5, 0.6) is 5.75 Å². The van der Waals surface area contributed by atoms with Crippen molar-refractivity contribution >= 4 is 40.6 Å². The monoisotopic (exact) mass is 368 g/mol. The van der Waals surface area contributed by atoms with Crippen LogP contribution in [0, 0.1) is 0 Å². The number of esters is 1. The van der Waals surface area contributed by atoms with Crippen molar-refractivity contribution in [2.75, 3.05) is 14.2 Å². The lowest BCUT2D eigenvalue weighted by atomic mass is 10.1. The van der Waals surface area contributed by atoms with Crippen LogP contribution in [0.1, 0.15) is 15.9 Å². The van der Waals surface area contributed by atoms with Crippen LogP contribution in [0.3, 0.4) is 0 Å². The molecule has 1 amide bonds. The zero-order valence-corrected chi connectivity index (χ0v) is 15.0. The third kappa shape index (κ3) is 3.78. The van der Waals surface area contributed by atoms with Crippen LogP contribution >= 0.6 is 11.8 Å². The number of hydrogen-bond donors (Lipinski definition) is 1. The van der Waals surface area contributed by atoms with Crippen molar-refractivity contribution < 1.29 is 19.4 Å². The molecule has 0 spiro atoms. The van der Waals surface area contributed by atoms with Crippen LogP contribution in [-0.2, 0) is 9.53 Å². The highest BCUT2D eigenvalue weighted by molar-refractivity contribution is 8.18. The van der Waals surface area contributed by atoms with E-state index < -0.39 is 5.97 Å². The first-order chi connectivity index (χ1) is 12.5. The predicted octanol–water partition coefficient (Wildman–Crippen LogP) is 3.41.